The van der Waals surface area contributed by atoms with Gasteiger partial charge < -0.3 is 19.4 Å². The van der Waals surface area contributed by atoms with Gasteiger partial charge in [0, 0.05) is 39.2 Å². The summed E-state index contributed by atoms with van der Waals surface area (Å²) < 4.78 is 11.6. The van der Waals surface area contributed by atoms with Crippen LogP contribution in [0.2, 0.25) is 0 Å². The molecule has 27 heavy (non-hydrogen) atoms. The third-order valence-corrected chi connectivity index (χ3v) is 5.39. The first-order valence-corrected chi connectivity index (χ1v) is 10.1. The second-order valence-electron chi connectivity index (χ2n) is 7.37. The summed E-state index contributed by atoms with van der Waals surface area (Å²) in [7, 11) is 0. The molecule has 5 nitrogen and oxygen atoms in total. The molecule has 1 N–H and O–H groups in total. The molecule has 1 aromatic heterocycles. The summed E-state index contributed by atoms with van der Waals surface area (Å²) in [6.07, 6.45) is 12.5. The molecule has 6 heteroatoms. The van der Waals surface area contributed by atoms with Crippen molar-refractivity contribution < 1.29 is 9.15 Å². The molecular weight excluding hydrogens is 453 g/mol. The molecule has 152 valence electrons. The van der Waals surface area contributed by atoms with E-state index in [0.29, 0.717) is 6.10 Å². The van der Waals surface area contributed by atoms with Gasteiger partial charge in [-0.15, -0.1) is 30.6 Å². The molecule has 2 heterocycles. The number of nitrogens with zero attached hydrogens (tertiary/aromatic N) is 2. The van der Waals surface area contributed by atoms with Gasteiger partial charge in [0.05, 0.1) is 12.4 Å². The van der Waals surface area contributed by atoms with Crippen molar-refractivity contribution in [3.63, 3.8) is 0 Å². The lowest BCUT2D eigenvalue weighted by molar-refractivity contribution is 0.00103. The van der Waals surface area contributed by atoms with Crippen molar-refractivity contribution in [1.29, 1.82) is 0 Å². The lowest BCUT2D eigenvalue weighted by Gasteiger charge is -2.34. The Morgan fingerprint density at radius 2 is 2.07 bits per heavy atom. The summed E-state index contributed by atoms with van der Waals surface area (Å²) in [6.45, 7) is 8.22. The second-order valence-corrected chi connectivity index (χ2v) is 7.37. The second kappa shape index (κ2) is 12.4. The van der Waals surface area contributed by atoms with Crippen LogP contribution in [0.3, 0.4) is 0 Å². The van der Waals surface area contributed by atoms with Crippen LogP contribution in [0.4, 0.5) is 0 Å². The molecule has 0 spiro atoms. The summed E-state index contributed by atoms with van der Waals surface area (Å²) in [5.74, 6) is 2.77. The van der Waals surface area contributed by atoms with Crippen molar-refractivity contribution in [3.05, 3.63) is 36.8 Å². The lowest BCUT2D eigenvalue weighted by Crippen LogP contribution is -2.47. The van der Waals surface area contributed by atoms with E-state index in [-0.39, 0.29) is 24.0 Å². The van der Waals surface area contributed by atoms with Crippen LogP contribution in [0, 0.1) is 5.92 Å². The fourth-order valence-electron chi connectivity index (χ4n) is 3.84. The summed E-state index contributed by atoms with van der Waals surface area (Å²) in [5, 5.41) is 3.40. The van der Waals surface area contributed by atoms with E-state index in [1.807, 2.05) is 18.2 Å². The first-order valence-electron chi connectivity index (χ1n) is 10.1. The first-order chi connectivity index (χ1) is 12.8. The van der Waals surface area contributed by atoms with Crippen molar-refractivity contribution in [1.82, 2.24) is 10.2 Å². The number of aliphatic imine (C=N–C) groups is 1. The first kappa shape index (κ1) is 22.3. The number of hydrogen-bond donors (Lipinski definition) is 1. The van der Waals surface area contributed by atoms with Gasteiger partial charge in [0.25, 0.3) is 0 Å². The lowest BCUT2D eigenvalue weighted by atomic mass is 10.1. The van der Waals surface area contributed by atoms with E-state index in [1.54, 1.807) is 6.26 Å². The minimum Gasteiger partial charge on any atom is -0.469 e. The molecule has 0 atom stereocenters. The van der Waals surface area contributed by atoms with Crippen molar-refractivity contribution in [2.45, 2.75) is 51.0 Å². The molecule has 1 saturated carbocycles. The van der Waals surface area contributed by atoms with Gasteiger partial charge in [0.1, 0.15) is 5.76 Å². The maximum absolute atomic E-state index is 6.19. The molecule has 2 fully saturated rings. The average Bonchev–Trinajstić information content (AvgIpc) is 3.37. The molecule has 1 aliphatic carbocycles. The van der Waals surface area contributed by atoms with E-state index >= 15 is 0 Å². The minimum absolute atomic E-state index is 0. The molecular formula is C21H34IN3O2. The average molecular weight is 487 g/mol. The summed E-state index contributed by atoms with van der Waals surface area (Å²) in [4.78, 5) is 7.12. The predicted molar refractivity (Wildman–Crippen MR) is 121 cm³/mol. The fourth-order valence-corrected chi connectivity index (χ4v) is 3.84. The zero-order valence-electron chi connectivity index (χ0n) is 16.3. The van der Waals surface area contributed by atoms with E-state index in [1.165, 1.54) is 25.7 Å². The van der Waals surface area contributed by atoms with Crippen molar-refractivity contribution in [2.75, 3.05) is 32.8 Å². The Hall–Kier alpha value is -1.02. The van der Waals surface area contributed by atoms with E-state index in [9.17, 15) is 0 Å². The number of likely N-dealkylation sites (tertiary alicyclic amines) is 1. The third kappa shape index (κ3) is 7.49. The Morgan fingerprint density at radius 1 is 1.30 bits per heavy atom. The molecule has 2 aliphatic rings. The molecule has 0 unspecified atom stereocenters. The maximum Gasteiger partial charge on any atom is 0.194 e. The van der Waals surface area contributed by atoms with Gasteiger partial charge in [-0.3, -0.25) is 4.99 Å². The van der Waals surface area contributed by atoms with Gasteiger partial charge in [-0.25, -0.2) is 0 Å². The Morgan fingerprint density at radius 3 is 2.74 bits per heavy atom. The number of nitrogens with one attached hydrogen (secondary N) is 1. The van der Waals surface area contributed by atoms with Crippen molar-refractivity contribution >= 4 is 29.9 Å². The van der Waals surface area contributed by atoms with Crippen molar-refractivity contribution in [2.24, 2.45) is 10.9 Å². The van der Waals surface area contributed by atoms with E-state index < -0.39 is 0 Å². The molecule has 0 aromatic carbocycles. The SMILES string of the molecule is C=CCNC(=NCCc1ccco1)N1CCC(OCC2CCCC2)CC1.I. The van der Waals surface area contributed by atoms with Crippen LogP contribution in [-0.4, -0.2) is 49.7 Å². The number of hydrogen-bond acceptors (Lipinski definition) is 3. The van der Waals surface area contributed by atoms with Crippen LogP contribution in [0.25, 0.3) is 0 Å². The molecule has 0 amide bonds. The number of guanidine groups is 1. The molecule has 0 bridgehead atoms. The number of rotatable bonds is 8. The Balaban J connectivity index is 0.00000261. The minimum atomic E-state index is 0. The quantitative estimate of drug-likeness (QED) is 0.258. The predicted octanol–water partition coefficient (Wildman–Crippen LogP) is 4.24. The van der Waals surface area contributed by atoms with Crippen LogP contribution in [0.5, 0.6) is 0 Å². The highest BCUT2D eigenvalue weighted by Crippen LogP contribution is 2.26. The zero-order chi connectivity index (χ0) is 18.0. The topological polar surface area (TPSA) is 50.0 Å². The summed E-state index contributed by atoms with van der Waals surface area (Å²) in [5.41, 5.74) is 0. The number of halogens is 1. The monoisotopic (exact) mass is 487 g/mol. The Kier molecular flexibility index (Phi) is 10.3. The van der Waals surface area contributed by atoms with Gasteiger partial charge in [-0.1, -0.05) is 18.9 Å². The standard InChI is InChI=1S/C21H33N3O2.HI/c1-2-12-22-21(23-13-9-19-8-5-16-25-19)24-14-10-20(11-15-24)26-17-18-6-3-4-7-18;/h2,5,8,16,18,20H,1,3-4,6-7,9-15,17H2,(H,22,23);1H. The van der Waals surface area contributed by atoms with Crippen LogP contribution in [0.15, 0.2) is 40.5 Å². The van der Waals surface area contributed by atoms with E-state index in [0.717, 1.165) is 69.7 Å². The molecule has 1 aliphatic heterocycles. The largest absolute Gasteiger partial charge is 0.469 e. The molecule has 3 rings (SSSR count). The van der Waals surface area contributed by atoms with Gasteiger partial charge in [-0.2, -0.15) is 0 Å². The normalized spacial score (nSPS) is 19.1. The van der Waals surface area contributed by atoms with Gasteiger partial charge in [0.15, 0.2) is 5.96 Å². The van der Waals surface area contributed by atoms with Gasteiger partial charge in [-0.05, 0) is 43.7 Å². The summed E-state index contributed by atoms with van der Waals surface area (Å²) >= 11 is 0. The smallest absolute Gasteiger partial charge is 0.194 e. The number of ether oxygens (including phenoxy) is 1. The molecule has 1 aromatic rings. The van der Waals surface area contributed by atoms with E-state index in [4.69, 9.17) is 14.1 Å². The van der Waals surface area contributed by atoms with Gasteiger partial charge >= 0.3 is 0 Å². The van der Waals surface area contributed by atoms with Crippen LogP contribution >= 0.6 is 24.0 Å². The molecule has 1 saturated heterocycles. The highest BCUT2D eigenvalue weighted by atomic mass is 127. The Bertz CT molecular complexity index is 548. The fraction of sp³-hybridized carbons (Fsp3) is 0.667. The summed E-state index contributed by atoms with van der Waals surface area (Å²) in [6, 6.07) is 3.92. The van der Waals surface area contributed by atoms with Gasteiger partial charge in [0.2, 0.25) is 0 Å². The van der Waals surface area contributed by atoms with Crippen LogP contribution < -0.4 is 5.32 Å². The van der Waals surface area contributed by atoms with Crippen LogP contribution in [0.1, 0.15) is 44.3 Å². The molecule has 0 radical (unpaired) electrons. The highest BCUT2D eigenvalue weighted by molar-refractivity contribution is 14.0. The highest BCUT2D eigenvalue weighted by Gasteiger charge is 2.23. The van der Waals surface area contributed by atoms with E-state index in [2.05, 4.69) is 16.8 Å². The van der Waals surface area contributed by atoms with Crippen molar-refractivity contribution in [3.8, 4) is 0 Å². The number of piperidine rings is 1. The maximum atomic E-state index is 6.19. The number of furan rings is 1. The third-order valence-electron chi connectivity index (χ3n) is 5.39. The zero-order valence-corrected chi connectivity index (χ0v) is 18.6. The Labute approximate surface area is 180 Å². The van der Waals surface area contributed by atoms with Crippen LogP contribution in [-0.2, 0) is 11.2 Å².